The molecule has 5 aliphatic rings. The molecule has 2 amide bonds. The Balaban J connectivity index is 0.000000176. The van der Waals surface area contributed by atoms with Crippen molar-refractivity contribution in [1.82, 2.24) is 34.3 Å². The summed E-state index contributed by atoms with van der Waals surface area (Å²) in [4.78, 5) is 55.1. The van der Waals surface area contributed by atoms with Crippen LogP contribution < -0.4 is 4.90 Å². The van der Waals surface area contributed by atoms with Crippen molar-refractivity contribution in [1.29, 1.82) is 0 Å². The number of piperazine rings is 1. The fraction of sp³-hybridized carbons (Fsp3) is 0.294. The number of thioether (sulfide) groups is 2. The maximum absolute atomic E-state index is 14.7. The van der Waals surface area contributed by atoms with Crippen LogP contribution in [0.2, 0.25) is 0 Å². The molecular formula is C68H70N8O3S2. The van der Waals surface area contributed by atoms with Gasteiger partial charge in [-0.25, -0.2) is 4.68 Å². The number of Topliss-reactive ketones (excluding diaryl/α,β-unsaturated/α-hetero) is 1. The van der Waals surface area contributed by atoms with Crippen LogP contribution in [-0.4, -0.2) is 146 Å². The van der Waals surface area contributed by atoms with E-state index in [2.05, 4.69) is 194 Å². The number of benzene rings is 7. The van der Waals surface area contributed by atoms with Gasteiger partial charge in [0.05, 0.1) is 52.8 Å². The number of hydrogen-bond donors (Lipinski definition) is 0. The van der Waals surface area contributed by atoms with Gasteiger partial charge in [0.1, 0.15) is 11.6 Å². The molecule has 5 aliphatic heterocycles. The molecule has 412 valence electrons. The minimum atomic E-state index is -0.747. The first kappa shape index (κ1) is 54.3. The van der Waals surface area contributed by atoms with Crippen molar-refractivity contribution in [3.05, 3.63) is 257 Å². The summed E-state index contributed by atoms with van der Waals surface area (Å²) in [5.41, 5.74) is 7.47. The number of anilines is 1. The first-order valence-corrected chi connectivity index (χ1v) is 30.9. The lowest BCUT2D eigenvalue weighted by molar-refractivity contribution is -0.136. The van der Waals surface area contributed by atoms with E-state index in [0.29, 0.717) is 5.88 Å². The number of para-hydroxylation sites is 1. The minimum Gasteiger partial charge on any atom is -0.354 e. The van der Waals surface area contributed by atoms with Crippen molar-refractivity contribution in [3.63, 3.8) is 0 Å². The van der Waals surface area contributed by atoms with Gasteiger partial charge in [-0.05, 0) is 58.9 Å². The predicted octanol–water partition coefficient (Wildman–Crippen LogP) is 10.4. The van der Waals surface area contributed by atoms with E-state index in [9.17, 15) is 14.4 Å². The third-order valence-corrected chi connectivity index (χ3v) is 19.0. The molecule has 13 rings (SSSR count). The molecule has 5 fully saturated rings. The zero-order chi connectivity index (χ0) is 55.2. The first-order chi connectivity index (χ1) is 39.8. The van der Waals surface area contributed by atoms with Crippen molar-refractivity contribution in [2.24, 2.45) is 0 Å². The molecule has 5 saturated heterocycles. The lowest BCUT2D eigenvalue weighted by atomic mass is 9.75. The van der Waals surface area contributed by atoms with Gasteiger partial charge >= 0.3 is 0 Å². The molecule has 81 heavy (non-hydrogen) atoms. The number of carbonyl (C=O) groups is 3. The van der Waals surface area contributed by atoms with E-state index in [-0.39, 0.29) is 42.6 Å². The summed E-state index contributed by atoms with van der Waals surface area (Å²) >= 11 is 3.63. The molecule has 0 spiro atoms. The number of aromatic nitrogens is 2. The quantitative estimate of drug-likeness (QED) is 0.104. The summed E-state index contributed by atoms with van der Waals surface area (Å²) in [5.74, 6) is 5.02. The van der Waals surface area contributed by atoms with Crippen LogP contribution in [0.25, 0.3) is 5.69 Å². The van der Waals surface area contributed by atoms with Gasteiger partial charge in [0.25, 0.3) is 0 Å². The van der Waals surface area contributed by atoms with Crippen molar-refractivity contribution < 1.29 is 14.4 Å². The summed E-state index contributed by atoms with van der Waals surface area (Å²) in [7, 11) is 0. The SMILES string of the molecule is Cc1cc(N2CCN([C@H]3C[C@@H](C(=O)N4CCSC4)N(C(c4ccccc4)(c4ccccc4)c4ccccc4)C3)CC2)n(-c2ccccc2)n1.O=C1C[C@@H](C(=O)N2CCSC2)N(C(c2ccccc2)(c2ccccc2)c2ccccc2)C1. The zero-order valence-electron chi connectivity index (χ0n) is 46.0. The second-order valence-corrected chi connectivity index (χ2v) is 23.9. The summed E-state index contributed by atoms with van der Waals surface area (Å²) in [5, 5.41) is 4.85. The second-order valence-electron chi connectivity index (χ2n) is 21.8. The van der Waals surface area contributed by atoms with Gasteiger partial charge in [0, 0.05) is 75.8 Å². The molecule has 1 aromatic heterocycles. The normalized spacial score (nSPS) is 20.1. The number of carbonyl (C=O) groups excluding carboxylic acids is 3. The lowest BCUT2D eigenvalue weighted by Crippen LogP contribution is -2.56. The molecule has 11 nitrogen and oxygen atoms in total. The van der Waals surface area contributed by atoms with Crippen molar-refractivity contribution >= 4 is 46.9 Å². The molecule has 0 N–H and O–H groups in total. The van der Waals surface area contributed by atoms with Crippen LogP contribution in [0.15, 0.2) is 218 Å². The lowest BCUT2D eigenvalue weighted by Gasteiger charge is -2.47. The zero-order valence-corrected chi connectivity index (χ0v) is 47.7. The fourth-order valence-corrected chi connectivity index (χ4v) is 15.3. The van der Waals surface area contributed by atoms with E-state index in [1.54, 1.807) is 11.8 Å². The highest BCUT2D eigenvalue weighted by molar-refractivity contribution is 7.99. The van der Waals surface area contributed by atoms with E-state index in [4.69, 9.17) is 5.10 Å². The van der Waals surface area contributed by atoms with Crippen molar-refractivity contribution in [3.8, 4) is 5.69 Å². The molecule has 0 unspecified atom stereocenters. The van der Waals surface area contributed by atoms with Crippen LogP contribution in [0.3, 0.4) is 0 Å². The molecule has 0 bridgehead atoms. The number of likely N-dealkylation sites (tertiary alicyclic amines) is 2. The molecule has 0 radical (unpaired) electrons. The Labute approximate surface area is 485 Å². The van der Waals surface area contributed by atoms with Gasteiger partial charge in [-0.1, -0.05) is 200 Å². The van der Waals surface area contributed by atoms with Gasteiger partial charge in [0.2, 0.25) is 11.8 Å². The molecular weight excluding hydrogens is 1040 g/mol. The van der Waals surface area contributed by atoms with Gasteiger partial charge < -0.3 is 14.7 Å². The highest BCUT2D eigenvalue weighted by Gasteiger charge is 2.54. The molecule has 6 heterocycles. The molecule has 0 saturated carbocycles. The average molecular weight is 1110 g/mol. The summed E-state index contributed by atoms with van der Waals surface area (Å²) in [6.07, 6.45) is 1.07. The highest BCUT2D eigenvalue weighted by atomic mass is 32.2. The number of ketones is 1. The van der Waals surface area contributed by atoms with Crippen LogP contribution in [0.1, 0.15) is 51.9 Å². The first-order valence-electron chi connectivity index (χ1n) is 28.6. The number of rotatable bonds is 13. The summed E-state index contributed by atoms with van der Waals surface area (Å²) in [6, 6.07) is 75.6. The standard InChI is InChI=1S/C41H44N6OS.C27H26N2O2S/c1-32-28-39(47(42-32)36-20-12-5-13-21-36)44-24-22-43(23-25-44)37-29-38(40(48)45-26-27-49-31-45)46(30-37)41(33-14-6-2-7-15-33,34-16-8-3-9-17-34)35-18-10-4-11-19-35;30-24-18-25(26(31)28-16-17-32-20-28)29(19-24)27(21-10-4-1-5-11-21,22-12-6-2-7-13-22)23-14-8-3-9-15-23/h2-21,28,37-38H,22-27,29-31H2,1H3;1-15,25H,16-20H2/t37-,38-;25-/m00/s1. The van der Waals surface area contributed by atoms with E-state index in [0.717, 1.165) is 104 Å². The fourth-order valence-electron chi connectivity index (χ4n) is 13.4. The molecule has 8 aromatic rings. The van der Waals surface area contributed by atoms with Gasteiger partial charge in [-0.3, -0.25) is 29.1 Å². The Bertz CT molecular complexity index is 3170. The topological polar surface area (TPSA) is 88.5 Å². The summed E-state index contributed by atoms with van der Waals surface area (Å²) < 4.78 is 2.08. The molecule has 3 atom stereocenters. The summed E-state index contributed by atoms with van der Waals surface area (Å²) in [6.45, 7) is 8.39. The van der Waals surface area contributed by atoms with Gasteiger partial charge in [0.15, 0.2) is 0 Å². The van der Waals surface area contributed by atoms with E-state index in [1.807, 2.05) is 77.3 Å². The average Bonchev–Trinajstić information content (AvgIpc) is 4.55. The number of amides is 2. The van der Waals surface area contributed by atoms with E-state index >= 15 is 0 Å². The Hall–Kier alpha value is -7.26. The third kappa shape index (κ3) is 10.7. The largest absolute Gasteiger partial charge is 0.354 e. The Morgan fingerprint density at radius 2 is 0.889 bits per heavy atom. The van der Waals surface area contributed by atoms with Crippen LogP contribution in [0.4, 0.5) is 5.82 Å². The van der Waals surface area contributed by atoms with Crippen molar-refractivity contribution in [2.45, 2.75) is 49.0 Å². The molecule has 0 aliphatic carbocycles. The number of aryl methyl sites for hydroxylation is 1. The Morgan fingerprint density at radius 1 is 0.494 bits per heavy atom. The van der Waals surface area contributed by atoms with Gasteiger partial charge in [-0.15, -0.1) is 23.5 Å². The maximum atomic E-state index is 14.7. The van der Waals surface area contributed by atoms with Crippen LogP contribution in [-0.2, 0) is 25.5 Å². The number of nitrogens with zero attached hydrogens (tertiary/aromatic N) is 8. The monoisotopic (exact) mass is 1110 g/mol. The molecule has 7 aromatic carbocycles. The Morgan fingerprint density at radius 3 is 1.30 bits per heavy atom. The van der Waals surface area contributed by atoms with Crippen LogP contribution in [0, 0.1) is 6.92 Å². The predicted molar refractivity (Wildman–Crippen MR) is 328 cm³/mol. The molecule has 13 heteroatoms. The van der Waals surface area contributed by atoms with Crippen LogP contribution >= 0.6 is 23.5 Å². The van der Waals surface area contributed by atoms with Crippen molar-refractivity contribution in [2.75, 3.05) is 80.5 Å². The highest BCUT2D eigenvalue weighted by Crippen LogP contribution is 2.48. The second kappa shape index (κ2) is 24.4. The Kier molecular flexibility index (Phi) is 16.4. The number of hydrogen-bond acceptors (Lipinski definition) is 10. The minimum absolute atomic E-state index is 0.0630. The van der Waals surface area contributed by atoms with Crippen LogP contribution in [0.5, 0.6) is 0 Å². The third-order valence-electron chi connectivity index (χ3n) is 17.1. The van der Waals surface area contributed by atoms with E-state index < -0.39 is 17.1 Å². The smallest absolute Gasteiger partial charge is 0.241 e. The maximum Gasteiger partial charge on any atom is 0.241 e. The van der Waals surface area contributed by atoms with E-state index in [1.165, 1.54) is 16.7 Å². The van der Waals surface area contributed by atoms with Gasteiger partial charge in [-0.2, -0.15) is 5.10 Å².